The molecule has 0 aliphatic heterocycles. The highest BCUT2D eigenvalue weighted by Crippen LogP contribution is 2.29. The molecule has 0 fully saturated rings. The molecule has 1 aromatic carbocycles. The Labute approximate surface area is 168 Å². The maximum absolute atomic E-state index is 13.0. The van der Waals surface area contributed by atoms with Gasteiger partial charge in [0, 0.05) is 4.47 Å². The standard InChI is InChI=1S/C17H8BrClN2O3S2/c1-7(22)12-15(17(26-24)11-5-2-8(6-20)25-11)21-14-9(18)3-4-10(19)13(14)16(12)23/h2-5H,1H3,(H,21,23). The Balaban J connectivity index is 2.45. The molecular formula is C17H8BrClN2O3S2. The summed E-state index contributed by atoms with van der Waals surface area (Å²) in [6.07, 6.45) is 0. The van der Waals surface area contributed by atoms with Crippen LogP contribution in [-0.4, -0.2) is 19.8 Å². The number of nitrogens with zero attached hydrogens (tertiary/aromatic N) is 1. The van der Waals surface area contributed by atoms with E-state index in [0.717, 1.165) is 11.3 Å². The average Bonchev–Trinajstić information content (AvgIpc) is 3.07. The van der Waals surface area contributed by atoms with Gasteiger partial charge in [-0.25, -0.2) is 4.21 Å². The lowest BCUT2D eigenvalue weighted by Crippen LogP contribution is -2.22. The number of aromatic amines is 1. The first kappa shape index (κ1) is 18.7. The number of hydrogen-bond donors (Lipinski definition) is 1. The molecule has 0 spiro atoms. The molecule has 0 atom stereocenters. The molecule has 0 aliphatic carbocycles. The minimum atomic E-state index is -0.545. The summed E-state index contributed by atoms with van der Waals surface area (Å²) in [5, 5.41) is 9.39. The molecule has 2 aromatic heterocycles. The molecule has 3 rings (SSSR count). The molecule has 0 bridgehead atoms. The van der Waals surface area contributed by atoms with Crippen LogP contribution in [0.25, 0.3) is 10.9 Å². The molecule has 0 saturated carbocycles. The Kier molecular flexibility index (Phi) is 5.25. The highest BCUT2D eigenvalue weighted by Gasteiger charge is 2.23. The van der Waals surface area contributed by atoms with E-state index in [-0.39, 0.29) is 37.8 Å². The number of nitrogens with one attached hydrogen (secondary N) is 1. The van der Waals surface area contributed by atoms with E-state index in [1.54, 1.807) is 24.3 Å². The topological polar surface area (TPSA) is 90.8 Å². The normalized spacial score (nSPS) is 10.5. The lowest BCUT2D eigenvalue weighted by atomic mass is 10.0. The number of hydrogen-bond acceptors (Lipinski definition) is 5. The monoisotopic (exact) mass is 466 g/mol. The molecule has 0 unspecified atom stereocenters. The first-order chi connectivity index (χ1) is 12.4. The van der Waals surface area contributed by atoms with Crippen LogP contribution >= 0.6 is 38.9 Å². The number of halogens is 2. The minimum Gasteiger partial charge on any atom is -0.352 e. The molecule has 2 heterocycles. The van der Waals surface area contributed by atoms with Crippen LogP contribution in [0.15, 0.2) is 33.5 Å². The van der Waals surface area contributed by atoms with Crippen LogP contribution in [0, 0.1) is 11.3 Å². The zero-order valence-electron chi connectivity index (χ0n) is 13.1. The number of fused-ring (bicyclic) bond motifs is 1. The van der Waals surface area contributed by atoms with Crippen molar-refractivity contribution < 1.29 is 9.00 Å². The van der Waals surface area contributed by atoms with E-state index >= 15 is 0 Å². The summed E-state index contributed by atoms with van der Waals surface area (Å²) < 4.78 is 12.4. The zero-order valence-corrected chi connectivity index (χ0v) is 17.0. The predicted octanol–water partition coefficient (Wildman–Crippen LogP) is 3.86. The van der Waals surface area contributed by atoms with E-state index in [1.165, 1.54) is 6.92 Å². The van der Waals surface area contributed by atoms with Gasteiger partial charge in [0.25, 0.3) is 0 Å². The zero-order chi connectivity index (χ0) is 19.0. The second-order valence-corrected chi connectivity index (χ2v) is 8.15. The highest BCUT2D eigenvalue weighted by atomic mass is 79.9. The number of carbonyl (C=O) groups is 1. The van der Waals surface area contributed by atoms with E-state index in [1.807, 2.05) is 6.07 Å². The molecule has 26 heavy (non-hydrogen) atoms. The van der Waals surface area contributed by atoms with E-state index in [9.17, 15) is 13.8 Å². The van der Waals surface area contributed by atoms with Gasteiger partial charge in [0.05, 0.1) is 32.1 Å². The van der Waals surface area contributed by atoms with E-state index in [2.05, 4.69) is 20.9 Å². The van der Waals surface area contributed by atoms with Gasteiger partial charge >= 0.3 is 0 Å². The molecule has 0 saturated heterocycles. The Morgan fingerprint density at radius 1 is 1.35 bits per heavy atom. The van der Waals surface area contributed by atoms with Crippen molar-refractivity contribution in [2.75, 3.05) is 0 Å². The summed E-state index contributed by atoms with van der Waals surface area (Å²) >= 11 is 10.8. The number of nitriles is 1. The fraction of sp³-hybridized carbons (Fsp3) is 0.0588. The van der Waals surface area contributed by atoms with Crippen molar-refractivity contribution in [2.24, 2.45) is 0 Å². The third-order valence-corrected chi connectivity index (χ3v) is 6.36. The molecule has 0 radical (unpaired) electrons. The summed E-state index contributed by atoms with van der Waals surface area (Å²) in [6, 6.07) is 8.42. The number of ketones is 1. The number of Topliss-reactive ketones (excluding diaryl/α,β-unsaturated/α-hetero) is 1. The van der Waals surface area contributed by atoms with Crippen LogP contribution in [0.1, 0.15) is 32.7 Å². The fourth-order valence-corrected chi connectivity index (χ4v) is 4.59. The van der Waals surface area contributed by atoms with Gasteiger partial charge < -0.3 is 4.98 Å². The Hall–Kier alpha value is -2.05. The average molecular weight is 468 g/mol. The first-order valence-corrected chi connectivity index (χ1v) is 9.84. The molecule has 130 valence electrons. The summed E-state index contributed by atoms with van der Waals surface area (Å²) in [7, 11) is 0. The van der Waals surface area contributed by atoms with Crippen molar-refractivity contribution in [1.82, 2.24) is 4.98 Å². The first-order valence-electron chi connectivity index (χ1n) is 7.11. The second kappa shape index (κ2) is 7.29. The van der Waals surface area contributed by atoms with Crippen LogP contribution in [0.4, 0.5) is 0 Å². The van der Waals surface area contributed by atoms with Crippen LogP contribution < -0.4 is 5.43 Å². The maximum atomic E-state index is 13.0. The minimum absolute atomic E-state index is 0.129. The van der Waals surface area contributed by atoms with Gasteiger partial charge in [0.2, 0.25) is 5.43 Å². The van der Waals surface area contributed by atoms with Crippen molar-refractivity contribution in [2.45, 2.75) is 6.92 Å². The van der Waals surface area contributed by atoms with Crippen LogP contribution in [-0.2, 0) is 11.3 Å². The quantitative estimate of drug-likeness (QED) is 0.468. The summed E-state index contributed by atoms with van der Waals surface area (Å²) in [5.74, 6) is -0.484. The molecule has 5 nitrogen and oxygen atoms in total. The number of benzene rings is 1. The van der Waals surface area contributed by atoms with Crippen molar-refractivity contribution >= 4 is 71.7 Å². The van der Waals surface area contributed by atoms with Crippen molar-refractivity contribution in [3.8, 4) is 6.07 Å². The van der Waals surface area contributed by atoms with Gasteiger partial charge in [-0.3, -0.25) is 9.59 Å². The van der Waals surface area contributed by atoms with Gasteiger partial charge in [-0.1, -0.05) is 11.6 Å². The Morgan fingerprint density at radius 2 is 2.08 bits per heavy atom. The molecule has 1 N–H and O–H groups in total. The molecule has 3 aromatic rings. The van der Waals surface area contributed by atoms with Gasteiger partial charge in [0.1, 0.15) is 27.1 Å². The van der Waals surface area contributed by atoms with Gasteiger partial charge in [-0.2, -0.15) is 5.26 Å². The predicted molar refractivity (Wildman–Crippen MR) is 108 cm³/mol. The van der Waals surface area contributed by atoms with E-state index in [4.69, 9.17) is 16.9 Å². The summed E-state index contributed by atoms with van der Waals surface area (Å²) in [4.78, 5) is 29.3. The number of H-pyrrole nitrogens is 1. The second-order valence-electron chi connectivity index (χ2n) is 5.23. The third kappa shape index (κ3) is 3.08. The third-order valence-electron chi connectivity index (χ3n) is 3.66. The molecular weight excluding hydrogens is 460 g/mol. The van der Waals surface area contributed by atoms with Gasteiger partial charge in [0.15, 0.2) is 5.78 Å². The lowest BCUT2D eigenvalue weighted by molar-refractivity contribution is 0.101. The Bertz CT molecular complexity index is 1230. The smallest absolute Gasteiger partial charge is 0.202 e. The van der Waals surface area contributed by atoms with E-state index in [0.29, 0.717) is 19.7 Å². The fourth-order valence-electron chi connectivity index (χ4n) is 2.55. The number of rotatable bonds is 3. The van der Waals surface area contributed by atoms with Gasteiger partial charge in [-0.05, 0) is 47.1 Å². The summed E-state index contributed by atoms with van der Waals surface area (Å²) in [5.41, 5.74) is -0.158. The number of thiophene rings is 1. The number of pyridine rings is 1. The van der Waals surface area contributed by atoms with Crippen LogP contribution in [0.3, 0.4) is 0 Å². The van der Waals surface area contributed by atoms with Crippen LogP contribution in [0.5, 0.6) is 0 Å². The lowest BCUT2D eigenvalue weighted by Gasteiger charge is -2.11. The molecule has 0 amide bonds. The van der Waals surface area contributed by atoms with Crippen molar-refractivity contribution in [3.05, 3.63) is 65.0 Å². The van der Waals surface area contributed by atoms with Crippen molar-refractivity contribution in [3.63, 3.8) is 0 Å². The summed E-state index contributed by atoms with van der Waals surface area (Å²) in [6.45, 7) is 1.26. The Morgan fingerprint density at radius 3 is 2.65 bits per heavy atom. The molecule has 0 aliphatic rings. The number of aromatic nitrogens is 1. The SMILES string of the molecule is CC(=O)c1c(C(=S=O)c2ccc(C#N)s2)[nH]c2c(Br)ccc(Cl)c2c1=O. The maximum Gasteiger partial charge on any atom is 0.202 e. The van der Waals surface area contributed by atoms with Crippen molar-refractivity contribution in [1.29, 1.82) is 5.26 Å². The molecule has 9 heteroatoms. The number of carbonyl (C=O) groups excluding carboxylic acids is 1. The largest absolute Gasteiger partial charge is 0.352 e. The van der Waals surface area contributed by atoms with Crippen LogP contribution in [0.2, 0.25) is 5.02 Å². The highest BCUT2D eigenvalue weighted by molar-refractivity contribution is 9.10. The van der Waals surface area contributed by atoms with E-state index < -0.39 is 11.2 Å². The van der Waals surface area contributed by atoms with Gasteiger partial charge in [-0.15, -0.1) is 11.3 Å².